The fourth-order valence-electron chi connectivity index (χ4n) is 2.07. The first-order chi connectivity index (χ1) is 11.3. The fraction of sp³-hybridized carbons (Fsp3) is 0.312. The normalized spacial score (nSPS) is 11.8. The summed E-state index contributed by atoms with van der Waals surface area (Å²) >= 11 is 3.36. The Hall–Kier alpha value is -2.35. The summed E-state index contributed by atoms with van der Waals surface area (Å²) in [6, 6.07) is 4.71. The first kappa shape index (κ1) is 18.0. The van der Waals surface area contributed by atoms with Crippen molar-refractivity contribution in [3.8, 4) is 0 Å². The summed E-state index contributed by atoms with van der Waals surface area (Å²) in [7, 11) is 0. The van der Waals surface area contributed by atoms with E-state index in [9.17, 15) is 14.4 Å². The summed E-state index contributed by atoms with van der Waals surface area (Å²) in [6.45, 7) is 5.20. The average Bonchev–Trinajstić information content (AvgIpc) is 2.84. The number of furan rings is 1. The quantitative estimate of drug-likeness (QED) is 0.774. The number of hydrogen-bond acceptors (Lipinski definition) is 5. The number of hydrogen-bond donors (Lipinski definition) is 2. The second-order valence-electron chi connectivity index (χ2n) is 5.09. The van der Waals surface area contributed by atoms with E-state index in [-0.39, 0.29) is 5.76 Å². The number of benzene rings is 1. The molecule has 0 saturated carbocycles. The highest BCUT2D eigenvalue weighted by Crippen LogP contribution is 2.28. The summed E-state index contributed by atoms with van der Waals surface area (Å²) in [5, 5.41) is 5.27. The van der Waals surface area contributed by atoms with Crippen LogP contribution in [-0.4, -0.2) is 30.6 Å². The number of nitrogens with one attached hydrogen (secondary N) is 2. The largest absolute Gasteiger partial charge is 0.449 e. The summed E-state index contributed by atoms with van der Waals surface area (Å²) in [6.07, 6.45) is -1.14. The van der Waals surface area contributed by atoms with Crippen molar-refractivity contribution in [3.05, 3.63) is 34.0 Å². The third-order valence-corrected chi connectivity index (χ3v) is 3.80. The first-order valence-electron chi connectivity index (χ1n) is 7.31. The van der Waals surface area contributed by atoms with E-state index in [1.165, 1.54) is 6.92 Å². The van der Waals surface area contributed by atoms with Gasteiger partial charge >= 0.3 is 12.0 Å². The zero-order chi connectivity index (χ0) is 17.9. The Kier molecular flexibility index (Phi) is 5.61. The van der Waals surface area contributed by atoms with E-state index >= 15 is 0 Å². The van der Waals surface area contributed by atoms with E-state index in [2.05, 4.69) is 26.6 Å². The zero-order valence-corrected chi connectivity index (χ0v) is 15.0. The van der Waals surface area contributed by atoms with E-state index in [0.29, 0.717) is 17.7 Å². The van der Waals surface area contributed by atoms with Gasteiger partial charge in [0.25, 0.3) is 5.91 Å². The monoisotopic (exact) mass is 396 g/mol. The van der Waals surface area contributed by atoms with Gasteiger partial charge < -0.3 is 14.5 Å². The molecule has 1 aromatic carbocycles. The van der Waals surface area contributed by atoms with Crippen molar-refractivity contribution in [1.82, 2.24) is 10.6 Å². The SMILES string of the molecule is CCNC(=O)NC(=O)[C@@H](C)OC(=O)c1oc2ccc(Br)cc2c1C. The maximum Gasteiger partial charge on any atom is 0.375 e. The molecule has 0 aliphatic carbocycles. The predicted octanol–water partition coefficient (Wildman–Crippen LogP) is 2.89. The molecular formula is C16H17BrN2O5. The molecule has 24 heavy (non-hydrogen) atoms. The molecular weight excluding hydrogens is 380 g/mol. The van der Waals surface area contributed by atoms with Crippen LogP contribution in [0.15, 0.2) is 27.1 Å². The predicted molar refractivity (Wildman–Crippen MR) is 90.7 cm³/mol. The molecule has 0 aliphatic rings. The molecule has 7 nitrogen and oxygen atoms in total. The van der Waals surface area contributed by atoms with Crippen molar-refractivity contribution in [2.24, 2.45) is 0 Å². The van der Waals surface area contributed by atoms with Gasteiger partial charge in [0, 0.05) is 22.0 Å². The van der Waals surface area contributed by atoms with Crippen LogP contribution < -0.4 is 10.6 Å². The zero-order valence-electron chi connectivity index (χ0n) is 13.4. The maximum absolute atomic E-state index is 12.2. The van der Waals surface area contributed by atoms with Crippen LogP contribution in [0.1, 0.15) is 30.0 Å². The van der Waals surface area contributed by atoms with Gasteiger partial charge in [-0.05, 0) is 39.0 Å². The Balaban J connectivity index is 2.10. The number of urea groups is 1. The minimum atomic E-state index is -1.14. The number of carbonyl (C=O) groups is 3. The highest BCUT2D eigenvalue weighted by molar-refractivity contribution is 9.10. The minimum absolute atomic E-state index is 0.0285. The molecule has 0 fully saturated rings. The van der Waals surface area contributed by atoms with Gasteiger partial charge in [-0.15, -0.1) is 0 Å². The molecule has 1 atom stereocenters. The Morgan fingerprint density at radius 1 is 1.33 bits per heavy atom. The minimum Gasteiger partial charge on any atom is -0.449 e. The molecule has 128 valence electrons. The van der Waals surface area contributed by atoms with Crippen LogP contribution in [-0.2, 0) is 9.53 Å². The van der Waals surface area contributed by atoms with Crippen LogP contribution in [0.3, 0.4) is 0 Å². The van der Waals surface area contributed by atoms with Gasteiger partial charge in [-0.1, -0.05) is 15.9 Å². The molecule has 2 aromatic rings. The summed E-state index contributed by atoms with van der Waals surface area (Å²) in [5.41, 5.74) is 1.16. The van der Waals surface area contributed by atoms with Gasteiger partial charge in [0.2, 0.25) is 5.76 Å². The van der Waals surface area contributed by atoms with Crippen molar-refractivity contribution in [2.75, 3.05) is 6.54 Å². The van der Waals surface area contributed by atoms with Crippen LogP contribution in [0.25, 0.3) is 11.0 Å². The molecule has 0 saturated heterocycles. The highest BCUT2D eigenvalue weighted by Gasteiger charge is 2.25. The Bertz CT molecular complexity index is 799. The Morgan fingerprint density at radius 2 is 2.04 bits per heavy atom. The van der Waals surface area contributed by atoms with Gasteiger partial charge in [-0.25, -0.2) is 9.59 Å². The number of rotatable bonds is 4. The van der Waals surface area contributed by atoms with Crippen LogP contribution in [0.4, 0.5) is 4.79 Å². The lowest BCUT2D eigenvalue weighted by molar-refractivity contribution is -0.128. The number of halogens is 1. The fourth-order valence-corrected chi connectivity index (χ4v) is 2.43. The van der Waals surface area contributed by atoms with E-state index in [4.69, 9.17) is 9.15 Å². The molecule has 1 aromatic heterocycles. The van der Waals surface area contributed by atoms with Crippen molar-refractivity contribution in [2.45, 2.75) is 26.9 Å². The summed E-state index contributed by atoms with van der Waals surface area (Å²) in [4.78, 5) is 35.4. The van der Waals surface area contributed by atoms with Gasteiger partial charge in [0.15, 0.2) is 6.10 Å². The van der Waals surface area contributed by atoms with Crippen LogP contribution >= 0.6 is 15.9 Å². The summed E-state index contributed by atoms with van der Waals surface area (Å²) in [5.74, 6) is -1.45. The number of aryl methyl sites for hydroxylation is 1. The molecule has 0 radical (unpaired) electrons. The van der Waals surface area contributed by atoms with Crippen molar-refractivity contribution in [3.63, 3.8) is 0 Å². The Labute approximate surface area is 146 Å². The average molecular weight is 397 g/mol. The third kappa shape index (κ3) is 3.94. The Morgan fingerprint density at radius 3 is 2.71 bits per heavy atom. The van der Waals surface area contributed by atoms with Gasteiger partial charge in [-0.3, -0.25) is 10.1 Å². The lowest BCUT2D eigenvalue weighted by atomic mass is 10.1. The van der Waals surface area contributed by atoms with E-state index in [1.54, 1.807) is 26.0 Å². The molecule has 2 rings (SSSR count). The van der Waals surface area contributed by atoms with Crippen LogP contribution in [0, 0.1) is 6.92 Å². The molecule has 0 spiro atoms. The number of fused-ring (bicyclic) bond motifs is 1. The van der Waals surface area contributed by atoms with Gasteiger partial charge in [0.05, 0.1) is 0 Å². The third-order valence-electron chi connectivity index (χ3n) is 3.31. The molecule has 1 heterocycles. The second kappa shape index (κ2) is 7.48. The lowest BCUT2D eigenvalue weighted by Gasteiger charge is -2.12. The number of amides is 3. The number of carbonyl (C=O) groups excluding carboxylic acids is 3. The van der Waals surface area contributed by atoms with Gasteiger partial charge in [0.1, 0.15) is 5.58 Å². The highest BCUT2D eigenvalue weighted by atomic mass is 79.9. The molecule has 8 heteroatoms. The van der Waals surface area contributed by atoms with Gasteiger partial charge in [-0.2, -0.15) is 0 Å². The molecule has 2 N–H and O–H groups in total. The van der Waals surface area contributed by atoms with E-state index < -0.39 is 24.0 Å². The second-order valence-corrected chi connectivity index (χ2v) is 6.01. The lowest BCUT2D eigenvalue weighted by Crippen LogP contribution is -2.44. The standard InChI is InChI=1S/C16H17BrN2O5/c1-4-18-16(22)19-14(20)9(3)23-15(21)13-8(2)11-7-10(17)5-6-12(11)24-13/h5-7,9H,4H2,1-3H3,(H2,18,19,20,22)/t9-/m1/s1. The van der Waals surface area contributed by atoms with Crippen molar-refractivity contribution < 1.29 is 23.5 Å². The number of esters is 1. The molecule has 0 aliphatic heterocycles. The van der Waals surface area contributed by atoms with E-state index in [1.807, 2.05) is 6.07 Å². The van der Waals surface area contributed by atoms with Crippen LogP contribution in [0.2, 0.25) is 0 Å². The van der Waals surface area contributed by atoms with Crippen LogP contribution in [0.5, 0.6) is 0 Å². The topological polar surface area (TPSA) is 97.6 Å². The number of ether oxygens (including phenoxy) is 1. The molecule has 0 bridgehead atoms. The number of imide groups is 1. The van der Waals surface area contributed by atoms with E-state index in [0.717, 1.165) is 9.86 Å². The molecule has 0 unspecified atom stereocenters. The smallest absolute Gasteiger partial charge is 0.375 e. The first-order valence-corrected chi connectivity index (χ1v) is 8.11. The van der Waals surface area contributed by atoms with Crippen molar-refractivity contribution in [1.29, 1.82) is 0 Å². The maximum atomic E-state index is 12.2. The summed E-state index contributed by atoms with van der Waals surface area (Å²) < 4.78 is 11.4. The molecule has 3 amide bonds. The van der Waals surface area contributed by atoms with Crippen molar-refractivity contribution >= 4 is 44.8 Å².